The van der Waals surface area contributed by atoms with Crippen molar-refractivity contribution < 1.29 is 9.90 Å². The number of aromatic nitrogens is 3. The zero-order valence-electron chi connectivity index (χ0n) is 14.3. The molecular formula is C22H15N3O2. The Hall–Kier alpha value is -3.86. The van der Waals surface area contributed by atoms with E-state index in [-0.39, 0.29) is 5.56 Å². The number of hydrogen-bond donors (Lipinski definition) is 1. The van der Waals surface area contributed by atoms with Gasteiger partial charge >= 0.3 is 5.97 Å². The Morgan fingerprint density at radius 1 is 0.704 bits per heavy atom. The van der Waals surface area contributed by atoms with E-state index in [1.165, 1.54) is 0 Å². The molecule has 0 saturated heterocycles. The summed E-state index contributed by atoms with van der Waals surface area (Å²) in [4.78, 5) is 24.7. The van der Waals surface area contributed by atoms with Crippen LogP contribution in [-0.2, 0) is 0 Å². The third-order valence-corrected chi connectivity index (χ3v) is 4.17. The quantitative estimate of drug-likeness (QED) is 0.581. The minimum atomic E-state index is -0.947. The molecule has 0 bridgehead atoms. The van der Waals surface area contributed by atoms with Crippen LogP contribution in [0.5, 0.6) is 0 Å². The third kappa shape index (κ3) is 3.43. The van der Waals surface area contributed by atoms with Crippen LogP contribution in [0.25, 0.3) is 33.9 Å². The summed E-state index contributed by atoms with van der Waals surface area (Å²) < 4.78 is 0. The summed E-state index contributed by atoms with van der Waals surface area (Å²) in [5.74, 6) is -0.947. The third-order valence-electron chi connectivity index (χ3n) is 4.17. The lowest BCUT2D eigenvalue weighted by Crippen LogP contribution is -1.96. The molecule has 0 fully saturated rings. The van der Waals surface area contributed by atoms with Crippen LogP contribution in [-0.4, -0.2) is 26.0 Å². The monoisotopic (exact) mass is 353 g/mol. The molecule has 130 valence electrons. The molecule has 5 nitrogen and oxygen atoms in total. The first-order valence-corrected chi connectivity index (χ1v) is 8.40. The molecule has 0 amide bonds. The lowest BCUT2D eigenvalue weighted by atomic mass is 10.0. The van der Waals surface area contributed by atoms with Gasteiger partial charge in [-0.15, -0.1) is 0 Å². The maximum Gasteiger partial charge on any atom is 0.335 e. The zero-order chi connectivity index (χ0) is 18.6. The summed E-state index contributed by atoms with van der Waals surface area (Å²) >= 11 is 0. The first kappa shape index (κ1) is 16.6. The van der Waals surface area contributed by atoms with Gasteiger partial charge in [0.1, 0.15) is 0 Å². The van der Waals surface area contributed by atoms with Crippen LogP contribution >= 0.6 is 0 Å². The Bertz CT molecular complexity index is 1090. The SMILES string of the molecule is O=C(O)c1ccc(-c2cccnc2-c2cccc(-c3ccccn3)n2)cc1. The second-order valence-electron chi connectivity index (χ2n) is 5.91. The fraction of sp³-hybridized carbons (Fsp3) is 0. The predicted molar refractivity (Wildman–Crippen MR) is 103 cm³/mol. The van der Waals surface area contributed by atoms with Gasteiger partial charge in [-0.05, 0) is 48.0 Å². The fourth-order valence-electron chi connectivity index (χ4n) is 2.86. The highest BCUT2D eigenvalue weighted by molar-refractivity contribution is 5.89. The summed E-state index contributed by atoms with van der Waals surface area (Å²) in [7, 11) is 0. The highest BCUT2D eigenvalue weighted by Gasteiger charge is 2.12. The van der Waals surface area contributed by atoms with E-state index >= 15 is 0 Å². The smallest absolute Gasteiger partial charge is 0.335 e. The Labute approximate surface area is 156 Å². The molecule has 3 aromatic heterocycles. The summed E-state index contributed by atoms with van der Waals surface area (Å²) in [6.07, 6.45) is 3.46. The van der Waals surface area contributed by atoms with Crippen molar-refractivity contribution in [2.75, 3.05) is 0 Å². The predicted octanol–water partition coefficient (Wildman–Crippen LogP) is 4.57. The highest BCUT2D eigenvalue weighted by Crippen LogP contribution is 2.30. The highest BCUT2D eigenvalue weighted by atomic mass is 16.4. The Morgan fingerprint density at radius 2 is 1.44 bits per heavy atom. The topological polar surface area (TPSA) is 76.0 Å². The van der Waals surface area contributed by atoms with E-state index in [1.807, 2.05) is 48.5 Å². The molecule has 0 saturated carbocycles. The molecule has 4 aromatic rings. The van der Waals surface area contributed by atoms with E-state index in [2.05, 4.69) is 9.97 Å². The van der Waals surface area contributed by atoms with Crippen LogP contribution in [0, 0.1) is 0 Å². The summed E-state index contributed by atoms with van der Waals surface area (Å²) in [5.41, 5.74) is 5.05. The number of rotatable bonds is 4. The van der Waals surface area contributed by atoms with Crippen molar-refractivity contribution in [1.82, 2.24) is 15.0 Å². The molecule has 3 heterocycles. The van der Waals surface area contributed by atoms with E-state index in [4.69, 9.17) is 10.1 Å². The summed E-state index contributed by atoms with van der Waals surface area (Å²) in [5, 5.41) is 9.09. The number of pyridine rings is 3. The number of carboxylic acids is 1. The van der Waals surface area contributed by atoms with Gasteiger partial charge in [-0.2, -0.15) is 0 Å². The molecule has 0 radical (unpaired) electrons. The number of carbonyl (C=O) groups is 1. The van der Waals surface area contributed by atoms with Gasteiger partial charge in [0, 0.05) is 18.0 Å². The van der Waals surface area contributed by atoms with E-state index in [0.29, 0.717) is 0 Å². The van der Waals surface area contributed by atoms with Gasteiger partial charge in [0.05, 0.1) is 28.3 Å². The molecule has 0 unspecified atom stereocenters. The van der Waals surface area contributed by atoms with Gasteiger partial charge in [0.25, 0.3) is 0 Å². The lowest BCUT2D eigenvalue weighted by Gasteiger charge is -2.10. The minimum Gasteiger partial charge on any atom is -0.478 e. The number of nitrogens with zero attached hydrogens (tertiary/aromatic N) is 3. The van der Waals surface area contributed by atoms with Crippen LogP contribution in [0.2, 0.25) is 0 Å². The maximum absolute atomic E-state index is 11.1. The van der Waals surface area contributed by atoms with Gasteiger partial charge in [0.2, 0.25) is 0 Å². The van der Waals surface area contributed by atoms with Crippen LogP contribution in [0.15, 0.2) is 85.2 Å². The maximum atomic E-state index is 11.1. The molecule has 4 rings (SSSR count). The van der Waals surface area contributed by atoms with Gasteiger partial charge in [-0.3, -0.25) is 9.97 Å². The Morgan fingerprint density at radius 3 is 2.19 bits per heavy atom. The van der Waals surface area contributed by atoms with Crippen LogP contribution in [0.4, 0.5) is 0 Å². The summed E-state index contributed by atoms with van der Waals surface area (Å²) in [6.45, 7) is 0. The number of carboxylic acid groups (broad SMARTS) is 1. The molecular weight excluding hydrogens is 338 g/mol. The molecule has 1 N–H and O–H groups in total. The molecule has 5 heteroatoms. The molecule has 0 spiro atoms. The van der Waals surface area contributed by atoms with Gasteiger partial charge in [0.15, 0.2) is 0 Å². The normalized spacial score (nSPS) is 10.5. The van der Waals surface area contributed by atoms with E-state index in [9.17, 15) is 4.79 Å². The fourth-order valence-corrected chi connectivity index (χ4v) is 2.86. The van der Waals surface area contributed by atoms with Crippen molar-refractivity contribution in [1.29, 1.82) is 0 Å². The van der Waals surface area contributed by atoms with E-state index < -0.39 is 5.97 Å². The van der Waals surface area contributed by atoms with E-state index in [0.717, 1.165) is 33.9 Å². The zero-order valence-corrected chi connectivity index (χ0v) is 14.3. The van der Waals surface area contributed by atoms with Gasteiger partial charge in [-0.25, -0.2) is 9.78 Å². The average Bonchev–Trinajstić information content (AvgIpc) is 2.74. The van der Waals surface area contributed by atoms with Crippen molar-refractivity contribution in [3.63, 3.8) is 0 Å². The second kappa shape index (κ2) is 7.17. The minimum absolute atomic E-state index is 0.250. The molecule has 0 aliphatic carbocycles. The lowest BCUT2D eigenvalue weighted by molar-refractivity contribution is 0.0697. The van der Waals surface area contributed by atoms with E-state index in [1.54, 1.807) is 36.7 Å². The first-order valence-electron chi connectivity index (χ1n) is 8.40. The molecule has 0 aliphatic rings. The van der Waals surface area contributed by atoms with Gasteiger partial charge in [-0.1, -0.05) is 30.3 Å². The van der Waals surface area contributed by atoms with Crippen LogP contribution < -0.4 is 0 Å². The molecule has 1 aromatic carbocycles. The molecule has 27 heavy (non-hydrogen) atoms. The van der Waals surface area contributed by atoms with Crippen molar-refractivity contribution >= 4 is 5.97 Å². The molecule has 0 aliphatic heterocycles. The van der Waals surface area contributed by atoms with Crippen LogP contribution in [0.3, 0.4) is 0 Å². The van der Waals surface area contributed by atoms with Gasteiger partial charge < -0.3 is 5.11 Å². The Balaban J connectivity index is 1.79. The van der Waals surface area contributed by atoms with Crippen molar-refractivity contribution in [2.24, 2.45) is 0 Å². The largest absolute Gasteiger partial charge is 0.478 e. The van der Waals surface area contributed by atoms with Crippen molar-refractivity contribution in [2.45, 2.75) is 0 Å². The van der Waals surface area contributed by atoms with Crippen molar-refractivity contribution in [3.8, 4) is 33.9 Å². The number of benzene rings is 1. The number of aromatic carboxylic acids is 1. The molecule has 0 atom stereocenters. The van der Waals surface area contributed by atoms with Crippen LogP contribution in [0.1, 0.15) is 10.4 Å². The second-order valence-corrected chi connectivity index (χ2v) is 5.91. The number of hydrogen-bond acceptors (Lipinski definition) is 4. The standard InChI is InChI=1S/C22H15N3O2/c26-22(27)16-11-9-15(10-12-16)17-5-4-14-24-21(17)20-8-3-7-19(25-20)18-6-1-2-13-23-18/h1-14H,(H,26,27). The first-order chi connectivity index (χ1) is 13.2. The van der Waals surface area contributed by atoms with Crippen molar-refractivity contribution in [3.05, 3.63) is 90.8 Å². The Kier molecular flexibility index (Phi) is 4.41. The summed E-state index contributed by atoms with van der Waals surface area (Å²) in [6, 6.07) is 22.0. The average molecular weight is 353 g/mol.